The molecule has 0 aliphatic rings. The van der Waals surface area contributed by atoms with Gasteiger partial charge in [0.15, 0.2) is 0 Å². The molecule has 1 unspecified atom stereocenters. The highest BCUT2D eigenvalue weighted by molar-refractivity contribution is 6.30. The Morgan fingerprint density at radius 2 is 2.19 bits per heavy atom. The third-order valence-corrected chi connectivity index (χ3v) is 2.60. The van der Waals surface area contributed by atoms with Crippen LogP contribution in [0, 0.1) is 0 Å². The van der Waals surface area contributed by atoms with Crippen molar-refractivity contribution in [2.45, 2.75) is 19.4 Å². The summed E-state index contributed by atoms with van der Waals surface area (Å²) in [5.41, 5.74) is 6.99. The molecule has 0 amide bonds. The van der Waals surface area contributed by atoms with Crippen molar-refractivity contribution >= 4 is 11.6 Å². The predicted molar refractivity (Wildman–Crippen MR) is 66.0 cm³/mol. The van der Waals surface area contributed by atoms with E-state index >= 15 is 0 Å². The van der Waals surface area contributed by atoms with Crippen LogP contribution >= 0.6 is 11.6 Å². The van der Waals surface area contributed by atoms with Gasteiger partial charge in [0.25, 0.3) is 0 Å². The molecule has 90 valence electrons. The molecule has 0 heterocycles. The summed E-state index contributed by atoms with van der Waals surface area (Å²) in [6.45, 7) is 3.32. The molecule has 0 radical (unpaired) electrons. The number of methoxy groups -OCH3 is 1. The second-order valence-corrected chi connectivity index (χ2v) is 3.91. The molecule has 3 nitrogen and oxygen atoms in total. The van der Waals surface area contributed by atoms with E-state index in [2.05, 4.69) is 0 Å². The Hall–Kier alpha value is -0.770. The van der Waals surface area contributed by atoms with Crippen molar-refractivity contribution in [1.29, 1.82) is 0 Å². The molecule has 0 bridgehead atoms. The average Bonchev–Trinajstić information content (AvgIpc) is 2.29. The maximum Gasteiger partial charge on any atom is 0.123 e. The molecule has 0 aliphatic carbocycles. The van der Waals surface area contributed by atoms with Crippen molar-refractivity contribution in [2.75, 3.05) is 20.3 Å². The van der Waals surface area contributed by atoms with Crippen LogP contribution < -0.4 is 10.5 Å². The van der Waals surface area contributed by atoms with Gasteiger partial charge in [-0.15, -0.1) is 0 Å². The van der Waals surface area contributed by atoms with Crippen molar-refractivity contribution in [3.8, 4) is 5.75 Å². The predicted octanol–water partition coefficient (Wildman–Crippen LogP) is 2.78. The Labute approximate surface area is 101 Å². The van der Waals surface area contributed by atoms with Crippen molar-refractivity contribution in [3.05, 3.63) is 28.8 Å². The fourth-order valence-corrected chi connectivity index (χ4v) is 1.69. The molecule has 0 saturated heterocycles. The number of hydrogen-bond acceptors (Lipinski definition) is 3. The van der Waals surface area contributed by atoms with Crippen LogP contribution in [0.1, 0.15) is 24.9 Å². The summed E-state index contributed by atoms with van der Waals surface area (Å²) in [6.07, 6.45) is 0.755. The van der Waals surface area contributed by atoms with Crippen LogP contribution in [-0.2, 0) is 4.74 Å². The van der Waals surface area contributed by atoms with E-state index in [0.29, 0.717) is 18.2 Å². The zero-order chi connectivity index (χ0) is 12.0. The van der Waals surface area contributed by atoms with Gasteiger partial charge in [-0.25, -0.2) is 0 Å². The van der Waals surface area contributed by atoms with E-state index < -0.39 is 0 Å². The van der Waals surface area contributed by atoms with Gasteiger partial charge in [0.1, 0.15) is 5.75 Å². The first-order chi connectivity index (χ1) is 7.69. The van der Waals surface area contributed by atoms with Gasteiger partial charge in [-0.2, -0.15) is 0 Å². The monoisotopic (exact) mass is 243 g/mol. The summed E-state index contributed by atoms with van der Waals surface area (Å²) in [7, 11) is 1.63. The number of hydrogen-bond donors (Lipinski definition) is 1. The molecular weight excluding hydrogens is 226 g/mol. The van der Waals surface area contributed by atoms with Crippen molar-refractivity contribution < 1.29 is 9.47 Å². The molecule has 1 aromatic carbocycles. The maximum absolute atomic E-state index is 6.06. The normalized spacial score (nSPS) is 12.5. The maximum atomic E-state index is 6.06. The second kappa shape index (κ2) is 6.74. The first-order valence-corrected chi connectivity index (χ1v) is 5.73. The van der Waals surface area contributed by atoms with Crippen LogP contribution in [-0.4, -0.2) is 20.3 Å². The third kappa shape index (κ3) is 3.67. The summed E-state index contributed by atoms with van der Waals surface area (Å²) < 4.78 is 10.5. The first kappa shape index (κ1) is 13.3. The molecule has 0 fully saturated rings. The van der Waals surface area contributed by atoms with E-state index in [0.717, 1.165) is 17.7 Å². The fourth-order valence-electron chi connectivity index (χ4n) is 1.51. The summed E-state index contributed by atoms with van der Waals surface area (Å²) in [5.74, 6) is 0.772. The number of nitrogens with two attached hydrogens (primary N) is 1. The summed E-state index contributed by atoms with van der Waals surface area (Å²) in [4.78, 5) is 0. The minimum Gasteiger partial charge on any atom is -0.496 e. The smallest absolute Gasteiger partial charge is 0.123 e. The third-order valence-electron chi connectivity index (χ3n) is 2.37. The van der Waals surface area contributed by atoms with Crippen LogP contribution in [0.3, 0.4) is 0 Å². The molecule has 1 aromatic rings. The molecular formula is C12H18ClNO2. The van der Waals surface area contributed by atoms with Crippen LogP contribution in [0.15, 0.2) is 18.2 Å². The van der Waals surface area contributed by atoms with E-state index in [4.69, 9.17) is 26.8 Å². The highest BCUT2D eigenvalue weighted by Gasteiger charge is 2.12. The molecule has 1 atom stereocenters. The zero-order valence-electron chi connectivity index (χ0n) is 9.70. The minimum atomic E-state index is -0.111. The van der Waals surface area contributed by atoms with E-state index in [1.54, 1.807) is 13.2 Å². The first-order valence-electron chi connectivity index (χ1n) is 5.35. The second-order valence-electron chi connectivity index (χ2n) is 3.48. The summed E-state index contributed by atoms with van der Waals surface area (Å²) in [5, 5.41) is 0.669. The van der Waals surface area contributed by atoms with Crippen molar-refractivity contribution in [1.82, 2.24) is 0 Å². The number of rotatable bonds is 6. The summed E-state index contributed by atoms with van der Waals surface area (Å²) in [6, 6.07) is 5.36. The Balaban J connectivity index is 2.72. The average molecular weight is 244 g/mol. The van der Waals surface area contributed by atoms with Crippen LogP contribution in [0.25, 0.3) is 0 Å². The van der Waals surface area contributed by atoms with Gasteiger partial charge in [-0.3, -0.25) is 0 Å². The van der Waals surface area contributed by atoms with E-state index in [9.17, 15) is 0 Å². The largest absolute Gasteiger partial charge is 0.496 e. The van der Waals surface area contributed by atoms with Gasteiger partial charge in [-0.05, 0) is 31.5 Å². The molecule has 0 saturated carbocycles. The molecule has 2 N–H and O–H groups in total. The molecule has 4 heteroatoms. The Kier molecular flexibility index (Phi) is 5.60. The topological polar surface area (TPSA) is 44.5 Å². The quantitative estimate of drug-likeness (QED) is 0.782. The van der Waals surface area contributed by atoms with Crippen LogP contribution in [0.2, 0.25) is 5.02 Å². The number of benzene rings is 1. The fraction of sp³-hybridized carbons (Fsp3) is 0.500. The highest BCUT2D eigenvalue weighted by Crippen LogP contribution is 2.28. The molecule has 1 rings (SSSR count). The van der Waals surface area contributed by atoms with E-state index in [-0.39, 0.29) is 6.04 Å². The van der Waals surface area contributed by atoms with Gasteiger partial charge in [0.2, 0.25) is 0 Å². The van der Waals surface area contributed by atoms with Crippen molar-refractivity contribution in [2.24, 2.45) is 5.73 Å². The lowest BCUT2D eigenvalue weighted by Gasteiger charge is -2.15. The number of halogens is 1. The lowest BCUT2D eigenvalue weighted by atomic mass is 10.0. The van der Waals surface area contributed by atoms with Gasteiger partial charge in [0, 0.05) is 29.8 Å². The van der Waals surface area contributed by atoms with Crippen molar-refractivity contribution in [3.63, 3.8) is 0 Å². The Morgan fingerprint density at radius 3 is 2.81 bits per heavy atom. The lowest BCUT2D eigenvalue weighted by Crippen LogP contribution is -2.14. The van der Waals surface area contributed by atoms with Gasteiger partial charge in [0.05, 0.1) is 7.11 Å². The molecule has 0 aromatic heterocycles. The Bertz CT molecular complexity index is 331. The SMILES string of the molecule is CCOCCC(N)c1cc(Cl)ccc1OC. The molecule has 16 heavy (non-hydrogen) atoms. The van der Waals surface area contributed by atoms with E-state index in [1.165, 1.54) is 0 Å². The van der Waals surface area contributed by atoms with Gasteiger partial charge >= 0.3 is 0 Å². The number of ether oxygens (including phenoxy) is 2. The molecule has 0 aliphatic heterocycles. The van der Waals surface area contributed by atoms with Gasteiger partial charge < -0.3 is 15.2 Å². The highest BCUT2D eigenvalue weighted by atomic mass is 35.5. The summed E-state index contributed by atoms with van der Waals surface area (Å²) >= 11 is 5.94. The Morgan fingerprint density at radius 1 is 1.44 bits per heavy atom. The van der Waals surface area contributed by atoms with Gasteiger partial charge in [-0.1, -0.05) is 11.6 Å². The standard InChI is InChI=1S/C12H18ClNO2/c1-3-16-7-6-11(14)10-8-9(13)4-5-12(10)15-2/h4-5,8,11H,3,6-7,14H2,1-2H3. The van der Waals surface area contributed by atoms with Crippen LogP contribution in [0.5, 0.6) is 5.75 Å². The van der Waals surface area contributed by atoms with Crippen LogP contribution in [0.4, 0.5) is 0 Å². The minimum absolute atomic E-state index is 0.111. The lowest BCUT2D eigenvalue weighted by molar-refractivity contribution is 0.139. The van der Waals surface area contributed by atoms with E-state index in [1.807, 2.05) is 19.1 Å². The molecule has 0 spiro atoms. The zero-order valence-corrected chi connectivity index (χ0v) is 10.5.